The van der Waals surface area contributed by atoms with Gasteiger partial charge in [-0.2, -0.15) is 0 Å². The van der Waals surface area contributed by atoms with E-state index in [2.05, 4.69) is 54.7 Å². The van der Waals surface area contributed by atoms with Gasteiger partial charge in [-0.1, -0.05) is 43.6 Å². The van der Waals surface area contributed by atoms with Crippen LogP contribution < -0.4 is 0 Å². The monoisotopic (exact) mass is 295 g/mol. The van der Waals surface area contributed by atoms with Crippen LogP contribution in [0.3, 0.4) is 0 Å². The number of aromatic nitrogens is 1. The fraction of sp³-hybridized carbons (Fsp3) is 0.500. The first kappa shape index (κ1) is 12.6. The number of hydrogen-bond acceptors (Lipinski definition) is 2. The van der Waals surface area contributed by atoms with E-state index >= 15 is 0 Å². The van der Waals surface area contributed by atoms with Gasteiger partial charge in [-0.05, 0) is 29.5 Å². The quantitative estimate of drug-likeness (QED) is 0.800. The van der Waals surface area contributed by atoms with E-state index in [-0.39, 0.29) is 5.41 Å². The van der Waals surface area contributed by atoms with E-state index < -0.39 is 0 Å². The van der Waals surface area contributed by atoms with E-state index in [0.717, 1.165) is 34.3 Å². The Morgan fingerprint density at radius 1 is 1.29 bits per heavy atom. The van der Waals surface area contributed by atoms with E-state index in [0.29, 0.717) is 0 Å². The van der Waals surface area contributed by atoms with Crippen LogP contribution in [0.5, 0.6) is 0 Å². The highest BCUT2D eigenvalue weighted by Crippen LogP contribution is 2.28. The Hall–Kier alpha value is -0.830. The Kier molecular flexibility index (Phi) is 3.30. The minimum atomic E-state index is 0.199. The summed E-state index contributed by atoms with van der Waals surface area (Å²) in [6.07, 6.45) is 1.82. The second-order valence-corrected chi connectivity index (χ2v) is 6.53. The van der Waals surface area contributed by atoms with Crippen molar-refractivity contribution in [2.24, 2.45) is 5.41 Å². The van der Waals surface area contributed by atoms with E-state index in [9.17, 15) is 0 Å². The molecular formula is C14H18BrNO. The summed E-state index contributed by atoms with van der Waals surface area (Å²) in [5.41, 5.74) is 3.30. The van der Waals surface area contributed by atoms with Gasteiger partial charge in [0.25, 0.3) is 0 Å². The molecule has 0 radical (unpaired) electrons. The number of nitrogens with zero attached hydrogens (tertiary/aromatic N) is 1. The van der Waals surface area contributed by atoms with Crippen LogP contribution in [0.15, 0.2) is 21.0 Å². The van der Waals surface area contributed by atoms with Crippen molar-refractivity contribution in [1.82, 2.24) is 4.98 Å². The zero-order chi connectivity index (χ0) is 12.6. The van der Waals surface area contributed by atoms with Gasteiger partial charge in [0, 0.05) is 10.9 Å². The fourth-order valence-electron chi connectivity index (χ4n) is 1.90. The molecule has 0 amide bonds. The molecule has 0 bridgehead atoms. The highest BCUT2D eigenvalue weighted by molar-refractivity contribution is 9.10. The second kappa shape index (κ2) is 4.45. The van der Waals surface area contributed by atoms with Crippen molar-refractivity contribution in [1.29, 1.82) is 0 Å². The minimum Gasteiger partial charge on any atom is -0.440 e. The first-order valence-corrected chi connectivity index (χ1v) is 6.76. The maximum Gasteiger partial charge on any atom is 0.196 e. The SMILES string of the molecule is CCc1cc(Br)cc2nc(CC(C)(C)C)oc12. The smallest absolute Gasteiger partial charge is 0.196 e. The zero-order valence-corrected chi connectivity index (χ0v) is 12.4. The van der Waals surface area contributed by atoms with Crippen LogP contribution in [-0.4, -0.2) is 4.98 Å². The van der Waals surface area contributed by atoms with Crippen LogP contribution >= 0.6 is 15.9 Å². The number of hydrogen-bond donors (Lipinski definition) is 0. The average molecular weight is 296 g/mol. The fourth-order valence-corrected chi connectivity index (χ4v) is 2.40. The van der Waals surface area contributed by atoms with E-state index in [1.54, 1.807) is 0 Å². The van der Waals surface area contributed by atoms with Crippen LogP contribution in [0, 0.1) is 5.41 Å². The molecule has 1 heterocycles. The molecule has 0 spiro atoms. The molecule has 0 unspecified atom stereocenters. The van der Waals surface area contributed by atoms with Crippen LogP contribution in [0.1, 0.15) is 39.1 Å². The lowest BCUT2D eigenvalue weighted by molar-refractivity contribution is 0.361. The molecule has 0 saturated carbocycles. The molecule has 1 aromatic heterocycles. The molecule has 0 atom stereocenters. The Labute approximate surface area is 111 Å². The lowest BCUT2D eigenvalue weighted by atomic mass is 9.92. The third-order valence-corrected chi connectivity index (χ3v) is 3.10. The van der Waals surface area contributed by atoms with Gasteiger partial charge in [0.15, 0.2) is 11.5 Å². The van der Waals surface area contributed by atoms with Crippen molar-refractivity contribution in [3.05, 3.63) is 28.1 Å². The molecule has 0 fully saturated rings. The first-order valence-electron chi connectivity index (χ1n) is 5.97. The summed E-state index contributed by atoms with van der Waals surface area (Å²) in [5, 5.41) is 0. The number of benzene rings is 1. The van der Waals surface area contributed by atoms with Gasteiger partial charge in [-0.25, -0.2) is 4.98 Å². The average Bonchev–Trinajstić information content (AvgIpc) is 2.55. The van der Waals surface area contributed by atoms with Crippen molar-refractivity contribution < 1.29 is 4.42 Å². The summed E-state index contributed by atoms with van der Waals surface area (Å²) in [4.78, 5) is 4.57. The zero-order valence-electron chi connectivity index (χ0n) is 10.8. The Balaban J connectivity index is 2.49. The summed E-state index contributed by atoms with van der Waals surface area (Å²) in [6, 6.07) is 4.12. The topological polar surface area (TPSA) is 26.0 Å². The summed E-state index contributed by atoms with van der Waals surface area (Å²) >= 11 is 3.51. The molecule has 2 rings (SSSR count). The number of rotatable bonds is 2. The van der Waals surface area contributed by atoms with Crippen molar-refractivity contribution in [2.45, 2.75) is 40.5 Å². The van der Waals surface area contributed by atoms with Crippen LogP contribution in [0.4, 0.5) is 0 Å². The van der Waals surface area contributed by atoms with E-state index in [1.165, 1.54) is 5.56 Å². The second-order valence-electron chi connectivity index (χ2n) is 5.61. The maximum atomic E-state index is 5.89. The van der Waals surface area contributed by atoms with Crippen molar-refractivity contribution in [3.63, 3.8) is 0 Å². The standard InChI is InChI=1S/C14H18BrNO/c1-5-9-6-10(15)7-11-13(9)17-12(16-11)8-14(2,3)4/h6-7H,5,8H2,1-4H3. The number of oxazole rings is 1. The number of halogens is 1. The van der Waals surface area contributed by atoms with Crippen molar-refractivity contribution in [3.8, 4) is 0 Å². The summed E-state index contributed by atoms with van der Waals surface area (Å²) in [7, 11) is 0. The van der Waals surface area contributed by atoms with Gasteiger partial charge < -0.3 is 4.42 Å². The van der Waals surface area contributed by atoms with Gasteiger partial charge in [-0.15, -0.1) is 0 Å². The number of aryl methyl sites for hydroxylation is 1. The van der Waals surface area contributed by atoms with Gasteiger partial charge >= 0.3 is 0 Å². The third-order valence-electron chi connectivity index (χ3n) is 2.64. The largest absolute Gasteiger partial charge is 0.440 e. The van der Waals surface area contributed by atoms with Gasteiger partial charge in [0.05, 0.1) is 0 Å². The molecule has 17 heavy (non-hydrogen) atoms. The molecule has 2 nitrogen and oxygen atoms in total. The Bertz CT molecular complexity index is 537. The predicted molar refractivity (Wildman–Crippen MR) is 74.2 cm³/mol. The number of fused-ring (bicyclic) bond motifs is 1. The van der Waals surface area contributed by atoms with E-state index in [1.807, 2.05) is 6.07 Å². The molecule has 1 aromatic carbocycles. The molecule has 0 N–H and O–H groups in total. The predicted octanol–water partition coefficient (Wildman–Crippen LogP) is 4.74. The summed E-state index contributed by atoms with van der Waals surface area (Å²) < 4.78 is 6.96. The van der Waals surface area contributed by atoms with Gasteiger partial charge in [0.2, 0.25) is 0 Å². The van der Waals surface area contributed by atoms with Crippen LogP contribution in [-0.2, 0) is 12.8 Å². The molecule has 0 aliphatic rings. The molecule has 0 aliphatic heterocycles. The normalized spacial score (nSPS) is 12.3. The van der Waals surface area contributed by atoms with E-state index in [4.69, 9.17) is 4.42 Å². The summed E-state index contributed by atoms with van der Waals surface area (Å²) in [5.74, 6) is 0.834. The molecule has 0 saturated heterocycles. The third kappa shape index (κ3) is 2.89. The first-order chi connectivity index (χ1) is 7.89. The van der Waals surface area contributed by atoms with Crippen LogP contribution in [0.25, 0.3) is 11.1 Å². The summed E-state index contributed by atoms with van der Waals surface area (Å²) in [6.45, 7) is 8.71. The minimum absolute atomic E-state index is 0.199. The van der Waals surface area contributed by atoms with Gasteiger partial charge in [-0.3, -0.25) is 0 Å². The van der Waals surface area contributed by atoms with Crippen LogP contribution in [0.2, 0.25) is 0 Å². The lowest BCUT2D eigenvalue weighted by Gasteiger charge is -2.14. The maximum absolute atomic E-state index is 5.89. The molecule has 92 valence electrons. The highest BCUT2D eigenvalue weighted by atomic mass is 79.9. The molecule has 2 aromatic rings. The van der Waals surface area contributed by atoms with Gasteiger partial charge in [0.1, 0.15) is 5.52 Å². The highest BCUT2D eigenvalue weighted by Gasteiger charge is 2.17. The molecular weight excluding hydrogens is 278 g/mol. The Morgan fingerprint density at radius 2 is 2.00 bits per heavy atom. The molecule has 3 heteroatoms. The van der Waals surface area contributed by atoms with Crippen molar-refractivity contribution >= 4 is 27.0 Å². The van der Waals surface area contributed by atoms with Crippen molar-refractivity contribution in [2.75, 3.05) is 0 Å². The molecule has 0 aliphatic carbocycles. The lowest BCUT2D eigenvalue weighted by Crippen LogP contribution is -2.09. The Morgan fingerprint density at radius 3 is 2.59 bits per heavy atom.